The minimum Gasteiger partial charge on any atom is -0.462 e. The monoisotopic (exact) mass is 249 g/mol. The highest BCUT2D eigenvalue weighted by molar-refractivity contribution is 6.30. The predicted molar refractivity (Wildman–Crippen MR) is 66.3 cm³/mol. The first-order chi connectivity index (χ1) is 8.10. The maximum absolute atomic E-state index is 11.5. The second kappa shape index (κ2) is 6.07. The minimum atomic E-state index is -0.595. The SMILES string of the molecule is CCOC(=O)/C(C#N)=C(/C)c1ccc(Cl)cc1. The molecule has 0 heterocycles. The Kier molecular flexibility index (Phi) is 4.74. The van der Waals surface area contributed by atoms with Crippen molar-refractivity contribution in [3.8, 4) is 6.07 Å². The molecular weight excluding hydrogens is 238 g/mol. The van der Waals surface area contributed by atoms with E-state index in [0.717, 1.165) is 5.56 Å². The third-order valence-corrected chi connectivity index (χ3v) is 2.50. The molecule has 0 aromatic heterocycles. The number of ether oxygens (including phenoxy) is 1. The maximum Gasteiger partial charge on any atom is 0.349 e. The number of allylic oxidation sites excluding steroid dienone is 1. The van der Waals surface area contributed by atoms with Gasteiger partial charge >= 0.3 is 5.97 Å². The van der Waals surface area contributed by atoms with E-state index in [2.05, 4.69) is 0 Å². The van der Waals surface area contributed by atoms with Gasteiger partial charge in [0, 0.05) is 5.02 Å². The van der Waals surface area contributed by atoms with Crippen LogP contribution in [0.5, 0.6) is 0 Å². The van der Waals surface area contributed by atoms with Gasteiger partial charge in [-0.05, 0) is 37.1 Å². The number of carbonyl (C=O) groups is 1. The third kappa shape index (κ3) is 3.33. The van der Waals surface area contributed by atoms with Crippen LogP contribution in [0.1, 0.15) is 19.4 Å². The number of hydrogen-bond donors (Lipinski definition) is 0. The minimum absolute atomic E-state index is 0.0224. The van der Waals surface area contributed by atoms with E-state index in [-0.39, 0.29) is 12.2 Å². The van der Waals surface area contributed by atoms with Gasteiger partial charge in [0.1, 0.15) is 11.6 Å². The van der Waals surface area contributed by atoms with Gasteiger partial charge in [-0.15, -0.1) is 0 Å². The van der Waals surface area contributed by atoms with E-state index in [4.69, 9.17) is 21.6 Å². The Morgan fingerprint density at radius 1 is 1.41 bits per heavy atom. The molecule has 0 amide bonds. The van der Waals surface area contributed by atoms with Crippen molar-refractivity contribution in [1.29, 1.82) is 5.26 Å². The highest BCUT2D eigenvalue weighted by Crippen LogP contribution is 2.20. The summed E-state index contributed by atoms with van der Waals surface area (Å²) in [6.07, 6.45) is 0. The van der Waals surface area contributed by atoms with Crippen molar-refractivity contribution in [3.63, 3.8) is 0 Å². The Hall–Kier alpha value is -1.79. The molecule has 0 saturated carbocycles. The molecule has 0 radical (unpaired) electrons. The lowest BCUT2D eigenvalue weighted by atomic mass is 10.0. The van der Waals surface area contributed by atoms with Crippen LogP contribution < -0.4 is 0 Å². The molecule has 0 aliphatic heterocycles. The second-order valence-corrected chi connectivity index (χ2v) is 3.78. The van der Waals surface area contributed by atoms with Gasteiger partial charge in [-0.2, -0.15) is 5.26 Å². The van der Waals surface area contributed by atoms with Gasteiger partial charge in [-0.3, -0.25) is 0 Å². The molecule has 88 valence electrons. The fourth-order valence-corrected chi connectivity index (χ4v) is 1.46. The van der Waals surface area contributed by atoms with Gasteiger partial charge < -0.3 is 4.74 Å². The van der Waals surface area contributed by atoms with Gasteiger partial charge in [-0.25, -0.2) is 4.79 Å². The Morgan fingerprint density at radius 2 is 2.00 bits per heavy atom. The first kappa shape index (κ1) is 13.3. The van der Waals surface area contributed by atoms with Gasteiger partial charge in [0.15, 0.2) is 0 Å². The van der Waals surface area contributed by atoms with Crippen LogP contribution in [0.3, 0.4) is 0 Å². The molecule has 0 fully saturated rings. The lowest BCUT2D eigenvalue weighted by Gasteiger charge is -2.05. The largest absolute Gasteiger partial charge is 0.462 e. The van der Waals surface area contributed by atoms with Crippen LogP contribution in [-0.2, 0) is 9.53 Å². The Labute approximate surface area is 105 Å². The smallest absolute Gasteiger partial charge is 0.349 e. The average molecular weight is 250 g/mol. The van der Waals surface area contributed by atoms with Gasteiger partial charge in [0.2, 0.25) is 0 Å². The third-order valence-electron chi connectivity index (χ3n) is 2.24. The van der Waals surface area contributed by atoms with Crippen LogP contribution in [0.15, 0.2) is 29.8 Å². The van der Waals surface area contributed by atoms with Crippen molar-refractivity contribution in [3.05, 3.63) is 40.4 Å². The first-order valence-electron chi connectivity index (χ1n) is 5.14. The van der Waals surface area contributed by atoms with Crippen LogP contribution in [0.4, 0.5) is 0 Å². The molecule has 0 aliphatic rings. The molecule has 3 nitrogen and oxygen atoms in total. The lowest BCUT2D eigenvalue weighted by Crippen LogP contribution is -2.07. The summed E-state index contributed by atoms with van der Waals surface area (Å²) >= 11 is 5.77. The van der Waals surface area contributed by atoms with Crippen molar-refractivity contribution >= 4 is 23.1 Å². The van der Waals surface area contributed by atoms with E-state index in [1.165, 1.54) is 0 Å². The van der Waals surface area contributed by atoms with Crippen molar-refractivity contribution < 1.29 is 9.53 Å². The highest BCUT2D eigenvalue weighted by Gasteiger charge is 2.14. The van der Waals surface area contributed by atoms with Crippen molar-refractivity contribution in [2.75, 3.05) is 6.61 Å². The van der Waals surface area contributed by atoms with E-state index in [0.29, 0.717) is 10.6 Å². The molecule has 0 spiro atoms. The van der Waals surface area contributed by atoms with Crippen LogP contribution in [-0.4, -0.2) is 12.6 Å². The second-order valence-electron chi connectivity index (χ2n) is 3.34. The summed E-state index contributed by atoms with van der Waals surface area (Å²) in [5.74, 6) is -0.595. The topological polar surface area (TPSA) is 50.1 Å². The normalized spacial score (nSPS) is 11.4. The van der Waals surface area contributed by atoms with Crippen LogP contribution in [0.25, 0.3) is 5.57 Å². The molecular formula is C13H12ClNO2. The number of esters is 1. The zero-order chi connectivity index (χ0) is 12.8. The van der Waals surface area contributed by atoms with Crippen LogP contribution in [0, 0.1) is 11.3 Å². The summed E-state index contributed by atoms with van der Waals surface area (Å²) in [4.78, 5) is 11.5. The van der Waals surface area contributed by atoms with Crippen molar-refractivity contribution in [2.24, 2.45) is 0 Å². The molecule has 0 saturated heterocycles. The molecule has 4 heteroatoms. The zero-order valence-electron chi connectivity index (χ0n) is 9.66. The van der Waals surface area contributed by atoms with E-state index >= 15 is 0 Å². The summed E-state index contributed by atoms with van der Waals surface area (Å²) in [7, 11) is 0. The average Bonchev–Trinajstić information content (AvgIpc) is 2.31. The van der Waals surface area contributed by atoms with Crippen LogP contribution in [0.2, 0.25) is 5.02 Å². The Balaban J connectivity index is 3.13. The molecule has 17 heavy (non-hydrogen) atoms. The van der Waals surface area contributed by atoms with E-state index in [1.54, 1.807) is 38.1 Å². The summed E-state index contributed by atoms with van der Waals surface area (Å²) in [6.45, 7) is 3.65. The zero-order valence-corrected chi connectivity index (χ0v) is 10.4. The van der Waals surface area contributed by atoms with Gasteiger partial charge in [0.25, 0.3) is 0 Å². The predicted octanol–water partition coefficient (Wildman–Crippen LogP) is 3.20. The fourth-order valence-electron chi connectivity index (χ4n) is 1.33. The van der Waals surface area contributed by atoms with Gasteiger partial charge in [0.05, 0.1) is 6.61 Å². The van der Waals surface area contributed by atoms with E-state index in [9.17, 15) is 4.79 Å². The summed E-state index contributed by atoms with van der Waals surface area (Å²) < 4.78 is 4.82. The highest BCUT2D eigenvalue weighted by atomic mass is 35.5. The van der Waals surface area contributed by atoms with Gasteiger partial charge in [-0.1, -0.05) is 23.7 Å². The number of carbonyl (C=O) groups excluding carboxylic acids is 1. The van der Waals surface area contributed by atoms with Crippen molar-refractivity contribution in [2.45, 2.75) is 13.8 Å². The number of nitrogens with zero attached hydrogens (tertiary/aromatic N) is 1. The number of nitriles is 1. The van der Waals surface area contributed by atoms with Crippen molar-refractivity contribution in [1.82, 2.24) is 0 Å². The Bertz CT molecular complexity index is 483. The summed E-state index contributed by atoms with van der Waals surface area (Å²) in [5.41, 5.74) is 1.38. The number of hydrogen-bond acceptors (Lipinski definition) is 3. The Morgan fingerprint density at radius 3 is 2.47 bits per heavy atom. The maximum atomic E-state index is 11.5. The van der Waals surface area contributed by atoms with Crippen LogP contribution >= 0.6 is 11.6 Å². The molecule has 0 bridgehead atoms. The number of rotatable bonds is 3. The lowest BCUT2D eigenvalue weighted by molar-refractivity contribution is -0.137. The number of halogens is 1. The molecule has 0 unspecified atom stereocenters. The molecule has 0 atom stereocenters. The molecule has 0 N–H and O–H groups in total. The van der Waals surface area contributed by atoms with E-state index < -0.39 is 5.97 Å². The quantitative estimate of drug-likeness (QED) is 0.470. The number of benzene rings is 1. The molecule has 1 aromatic rings. The molecule has 0 aliphatic carbocycles. The fraction of sp³-hybridized carbons (Fsp3) is 0.231. The standard InChI is InChI=1S/C13H12ClNO2/c1-3-17-13(16)12(8-15)9(2)10-4-6-11(14)7-5-10/h4-7H,3H2,1-2H3/b12-9-. The summed E-state index contributed by atoms with van der Waals surface area (Å²) in [6, 6.07) is 8.81. The van der Waals surface area contributed by atoms with E-state index in [1.807, 2.05) is 6.07 Å². The molecule has 1 aromatic carbocycles. The summed E-state index contributed by atoms with van der Waals surface area (Å²) in [5, 5.41) is 9.58. The molecule has 1 rings (SSSR count). The first-order valence-corrected chi connectivity index (χ1v) is 5.52.